The van der Waals surface area contributed by atoms with Gasteiger partial charge in [-0.2, -0.15) is 0 Å². The molecule has 1 amide bonds. The second-order valence-corrected chi connectivity index (χ2v) is 5.16. The maximum absolute atomic E-state index is 11.6. The van der Waals surface area contributed by atoms with Crippen LogP contribution in [0.2, 0.25) is 0 Å². The fourth-order valence-corrected chi connectivity index (χ4v) is 1.81. The molecule has 0 spiro atoms. The Morgan fingerprint density at radius 2 is 1.89 bits per heavy atom. The summed E-state index contributed by atoms with van der Waals surface area (Å²) in [4.78, 5) is 11.6. The predicted molar refractivity (Wildman–Crippen MR) is 75.4 cm³/mol. The molecular formula is C15H24N2O. The van der Waals surface area contributed by atoms with E-state index in [0.29, 0.717) is 12.5 Å². The molecule has 0 radical (unpaired) electrons. The third-order valence-corrected chi connectivity index (χ3v) is 2.93. The Balaban J connectivity index is 2.39. The number of carbonyl (C=O) groups is 1. The van der Waals surface area contributed by atoms with Gasteiger partial charge in [0.1, 0.15) is 0 Å². The van der Waals surface area contributed by atoms with E-state index < -0.39 is 0 Å². The van der Waals surface area contributed by atoms with Crippen LogP contribution in [0.25, 0.3) is 0 Å². The molecule has 3 nitrogen and oxygen atoms in total. The van der Waals surface area contributed by atoms with E-state index in [0.717, 1.165) is 6.54 Å². The maximum atomic E-state index is 11.6. The minimum atomic E-state index is 0.0594. The van der Waals surface area contributed by atoms with Crippen LogP contribution < -0.4 is 10.6 Å². The molecule has 2 N–H and O–H groups in total. The molecule has 100 valence electrons. The summed E-state index contributed by atoms with van der Waals surface area (Å²) < 4.78 is 0. The zero-order valence-electron chi connectivity index (χ0n) is 11.8. The average Bonchev–Trinajstić information content (AvgIpc) is 2.34. The van der Waals surface area contributed by atoms with Crippen LogP contribution in [0.4, 0.5) is 0 Å². The highest BCUT2D eigenvalue weighted by Gasteiger charge is 2.09. The zero-order valence-corrected chi connectivity index (χ0v) is 11.8. The van der Waals surface area contributed by atoms with Gasteiger partial charge in [-0.25, -0.2) is 0 Å². The van der Waals surface area contributed by atoms with Crippen LogP contribution in [-0.4, -0.2) is 19.0 Å². The lowest BCUT2D eigenvalue weighted by atomic mass is 10.0. The van der Waals surface area contributed by atoms with E-state index in [1.165, 1.54) is 11.1 Å². The maximum Gasteiger partial charge on any atom is 0.233 e. The molecule has 0 aliphatic rings. The Hall–Kier alpha value is -1.35. The fraction of sp³-hybridized carbons (Fsp3) is 0.533. The summed E-state index contributed by atoms with van der Waals surface area (Å²) in [6, 6.07) is 8.43. The molecule has 1 aromatic carbocycles. The fourth-order valence-electron chi connectivity index (χ4n) is 1.81. The van der Waals surface area contributed by atoms with Gasteiger partial charge in [0.2, 0.25) is 5.91 Å². The third-order valence-electron chi connectivity index (χ3n) is 2.93. The number of aryl methyl sites for hydroxylation is 1. The highest BCUT2D eigenvalue weighted by molar-refractivity contribution is 5.78. The molecule has 0 saturated carbocycles. The minimum absolute atomic E-state index is 0.0594. The smallest absolute Gasteiger partial charge is 0.233 e. The van der Waals surface area contributed by atoms with Crippen molar-refractivity contribution in [3.63, 3.8) is 0 Å². The van der Waals surface area contributed by atoms with E-state index in [9.17, 15) is 4.79 Å². The van der Waals surface area contributed by atoms with Crippen molar-refractivity contribution in [2.45, 2.75) is 33.7 Å². The summed E-state index contributed by atoms with van der Waals surface area (Å²) in [5.74, 6) is 0.548. The van der Waals surface area contributed by atoms with Gasteiger partial charge in [0.05, 0.1) is 6.54 Å². The number of rotatable bonds is 6. The first kappa shape index (κ1) is 14.7. The monoisotopic (exact) mass is 248 g/mol. The molecule has 0 fully saturated rings. The lowest BCUT2D eigenvalue weighted by Crippen LogP contribution is -2.36. The molecule has 1 aromatic rings. The van der Waals surface area contributed by atoms with Gasteiger partial charge in [0.15, 0.2) is 0 Å². The molecule has 0 heterocycles. The van der Waals surface area contributed by atoms with Crippen molar-refractivity contribution in [1.82, 2.24) is 10.6 Å². The van der Waals surface area contributed by atoms with E-state index in [-0.39, 0.29) is 11.9 Å². The van der Waals surface area contributed by atoms with Crippen LogP contribution in [0, 0.1) is 12.8 Å². The van der Waals surface area contributed by atoms with Crippen molar-refractivity contribution >= 4 is 5.91 Å². The Bertz CT molecular complexity index is 388. The Labute approximate surface area is 110 Å². The SMILES string of the molecule is Cc1ccccc1C(C)NCC(=O)NCC(C)C. The number of hydrogen-bond acceptors (Lipinski definition) is 2. The second-order valence-electron chi connectivity index (χ2n) is 5.16. The normalized spacial score (nSPS) is 12.5. The number of carbonyl (C=O) groups excluding carboxylic acids is 1. The van der Waals surface area contributed by atoms with Crippen LogP contribution in [0.1, 0.15) is 37.9 Å². The summed E-state index contributed by atoms with van der Waals surface area (Å²) in [6.45, 7) is 9.44. The first-order chi connectivity index (χ1) is 8.50. The van der Waals surface area contributed by atoms with Crippen LogP contribution in [-0.2, 0) is 4.79 Å². The molecule has 0 saturated heterocycles. The summed E-state index contributed by atoms with van der Waals surface area (Å²) in [5, 5.41) is 6.15. The minimum Gasteiger partial charge on any atom is -0.355 e. The molecule has 0 aliphatic carbocycles. The molecule has 1 unspecified atom stereocenters. The topological polar surface area (TPSA) is 41.1 Å². The summed E-state index contributed by atoms with van der Waals surface area (Å²) >= 11 is 0. The van der Waals surface area contributed by atoms with Gasteiger partial charge < -0.3 is 10.6 Å². The van der Waals surface area contributed by atoms with Crippen molar-refractivity contribution in [2.24, 2.45) is 5.92 Å². The van der Waals surface area contributed by atoms with Crippen LogP contribution in [0.15, 0.2) is 24.3 Å². The van der Waals surface area contributed by atoms with Crippen LogP contribution in [0.5, 0.6) is 0 Å². The van der Waals surface area contributed by atoms with E-state index >= 15 is 0 Å². The van der Waals surface area contributed by atoms with Gasteiger partial charge in [-0.15, -0.1) is 0 Å². The molecule has 0 aromatic heterocycles. The number of benzene rings is 1. The lowest BCUT2D eigenvalue weighted by molar-refractivity contribution is -0.120. The first-order valence-electron chi connectivity index (χ1n) is 6.56. The third kappa shape index (κ3) is 4.88. The number of nitrogens with one attached hydrogen (secondary N) is 2. The van der Waals surface area contributed by atoms with E-state index in [1.54, 1.807) is 0 Å². The van der Waals surface area contributed by atoms with Crippen molar-refractivity contribution < 1.29 is 4.79 Å². The second kappa shape index (κ2) is 7.17. The highest BCUT2D eigenvalue weighted by Crippen LogP contribution is 2.15. The average molecular weight is 248 g/mol. The molecule has 3 heteroatoms. The van der Waals surface area contributed by atoms with Gasteiger partial charge in [-0.05, 0) is 30.9 Å². The van der Waals surface area contributed by atoms with E-state index in [1.807, 2.05) is 12.1 Å². The van der Waals surface area contributed by atoms with E-state index in [4.69, 9.17) is 0 Å². The van der Waals surface area contributed by atoms with E-state index in [2.05, 4.69) is 50.5 Å². The Morgan fingerprint density at radius 3 is 2.50 bits per heavy atom. The van der Waals surface area contributed by atoms with Gasteiger partial charge >= 0.3 is 0 Å². The van der Waals surface area contributed by atoms with Gasteiger partial charge in [-0.1, -0.05) is 38.1 Å². The molecular weight excluding hydrogens is 224 g/mol. The molecule has 0 bridgehead atoms. The zero-order chi connectivity index (χ0) is 13.5. The quantitative estimate of drug-likeness (QED) is 0.811. The lowest BCUT2D eigenvalue weighted by Gasteiger charge is -2.16. The first-order valence-corrected chi connectivity index (χ1v) is 6.56. The van der Waals surface area contributed by atoms with Crippen molar-refractivity contribution in [1.29, 1.82) is 0 Å². The van der Waals surface area contributed by atoms with Gasteiger partial charge in [0.25, 0.3) is 0 Å². The molecule has 0 aliphatic heterocycles. The van der Waals surface area contributed by atoms with Gasteiger partial charge in [0, 0.05) is 12.6 Å². The number of hydrogen-bond donors (Lipinski definition) is 2. The van der Waals surface area contributed by atoms with Crippen LogP contribution in [0.3, 0.4) is 0 Å². The predicted octanol–water partition coefficient (Wildman–Crippen LogP) is 2.42. The largest absolute Gasteiger partial charge is 0.355 e. The van der Waals surface area contributed by atoms with Gasteiger partial charge in [-0.3, -0.25) is 4.79 Å². The summed E-state index contributed by atoms with van der Waals surface area (Å²) in [7, 11) is 0. The molecule has 1 rings (SSSR count). The Kier molecular flexibility index (Phi) is 5.86. The molecule has 1 atom stereocenters. The van der Waals surface area contributed by atoms with Crippen LogP contribution >= 0.6 is 0 Å². The van der Waals surface area contributed by atoms with Crippen molar-refractivity contribution in [3.8, 4) is 0 Å². The summed E-state index contributed by atoms with van der Waals surface area (Å²) in [6.07, 6.45) is 0. The summed E-state index contributed by atoms with van der Waals surface area (Å²) in [5.41, 5.74) is 2.49. The standard InChI is InChI=1S/C15H24N2O/c1-11(2)9-17-15(18)10-16-13(4)14-8-6-5-7-12(14)3/h5-8,11,13,16H,9-10H2,1-4H3,(H,17,18). The number of amides is 1. The van der Waals surface area contributed by atoms with Crippen molar-refractivity contribution in [3.05, 3.63) is 35.4 Å². The van der Waals surface area contributed by atoms with Crippen molar-refractivity contribution in [2.75, 3.05) is 13.1 Å². The highest BCUT2D eigenvalue weighted by atomic mass is 16.1. The Morgan fingerprint density at radius 1 is 1.22 bits per heavy atom. The molecule has 18 heavy (non-hydrogen) atoms.